The maximum atomic E-state index is 12.0. The minimum atomic E-state index is -0.108. The van der Waals surface area contributed by atoms with Crippen molar-refractivity contribution in [1.82, 2.24) is 0 Å². The lowest BCUT2D eigenvalue weighted by molar-refractivity contribution is -0.116. The highest BCUT2D eigenvalue weighted by Crippen LogP contribution is 2.20. The fourth-order valence-electron chi connectivity index (χ4n) is 2.15. The van der Waals surface area contributed by atoms with E-state index in [9.17, 15) is 4.79 Å². The van der Waals surface area contributed by atoms with Crippen molar-refractivity contribution in [1.29, 1.82) is 0 Å². The topological polar surface area (TPSA) is 88.7 Å². The number of hydrogen-bond donors (Lipinski definition) is 3. The molecule has 0 bridgehead atoms. The Bertz CT molecular complexity index is 784. The molecule has 6 nitrogen and oxygen atoms in total. The molecule has 0 fully saturated rings. The third-order valence-corrected chi connectivity index (χ3v) is 3.92. The Kier molecular flexibility index (Phi) is 9.42. The highest BCUT2D eigenvalue weighted by molar-refractivity contribution is 14.0. The molecule has 0 unspecified atom stereocenters. The lowest BCUT2D eigenvalue weighted by atomic mass is 10.2. The SMILES string of the molecule is COc1cccc(NC(N)=NCCC(=O)Nc2ccc(Br)cc2C)c1.I. The minimum Gasteiger partial charge on any atom is -0.497 e. The van der Waals surface area contributed by atoms with Crippen LogP contribution in [0.2, 0.25) is 0 Å². The fraction of sp³-hybridized carbons (Fsp3) is 0.222. The summed E-state index contributed by atoms with van der Waals surface area (Å²) in [7, 11) is 1.60. The van der Waals surface area contributed by atoms with Gasteiger partial charge in [-0.3, -0.25) is 9.79 Å². The van der Waals surface area contributed by atoms with Crippen molar-refractivity contribution < 1.29 is 9.53 Å². The number of guanidine groups is 1. The lowest BCUT2D eigenvalue weighted by Crippen LogP contribution is -2.23. The van der Waals surface area contributed by atoms with E-state index in [1.165, 1.54) is 0 Å². The summed E-state index contributed by atoms with van der Waals surface area (Å²) in [5.74, 6) is 0.867. The second-order valence-corrected chi connectivity index (χ2v) is 6.30. The number of halogens is 2. The van der Waals surface area contributed by atoms with Gasteiger partial charge >= 0.3 is 0 Å². The number of nitrogens with zero attached hydrogens (tertiary/aromatic N) is 1. The molecule has 0 saturated heterocycles. The van der Waals surface area contributed by atoms with Crippen LogP contribution in [0, 0.1) is 6.92 Å². The summed E-state index contributed by atoms with van der Waals surface area (Å²) in [6.07, 6.45) is 0.246. The Balaban J connectivity index is 0.00000338. The minimum absolute atomic E-state index is 0. The molecule has 0 spiro atoms. The van der Waals surface area contributed by atoms with Gasteiger partial charge in [0.05, 0.1) is 13.7 Å². The molecule has 0 aliphatic heterocycles. The van der Waals surface area contributed by atoms with Gasteiger partial charge in [-0.2, -0.15) is 0 Å². The van der Waals surface area contributed by atoms with Gasteiger partial charge in [0.25, 0.3) is 0 Å². The van der Waals surface area contributed by atoms with Crippen LogP contribution in [-0.4, -0.2) is 25.5 Å². The Hall–Kier alpha value is -1.81. The Morgan fingerprint density at radius 1 is 1.23 bits per heavy atom. The van der Waals surface area contributed by atoms with Crippen LogP contribution < -0.4 is 21.1 Å². The van der Waals surface area contributed by atoms with Gasteiger partial charge in [0, 0.05) is 28.3 Å². The van der Waals surface area contributed by atoms with Crippen molar-refractivity contribution in [3.63, 3.8) is 0 Å². The fourth-order valence-corrected chi connectivity index (χ4v) is 2.62. The second-order valence-electron chi connectivity index (χ2n) is 5.38. The van der Waals surface area contributed by atoms with Crippen LogP contribution in [-0.2, 0) is 4.79 Å². The van der Waals surface area contributed by atoms with Gasteiger partial charge in [0.2, 0.25) is 5.91 Å². The first kappa shape index (κ1) is 22.2. The average molecular weight is 533 g/mol. The summed E-state index contributed by atoms with van der Waals surface area (Å²) in [6.45, 7) is 2.23. The quantitative estimate of drug-likeness (QED) is 0.296. The van der Waals surface area contributed by atoms with Crippen LogP contribution in [0.4, 0.5) is 11.4 Å². The van der Waals surface area contributed by atoms with Gasteiger partial charge in [-0.25, -0.2) is 0 Å². The third kappa shape index (κ3) is 7.20. The Labute approximate surface area is 178 Å². The normalized spacial score (nSPS) is 10.7. The molecule has 0 saturated carbocycles. The van der Waals surface area contributed by atoms with E-state index in [0.29, 0.717) is 6.54 Å². The number of nitrogens with one attached hydrogen (secondary N) is 2. The predicted octanol–water partition coefficient (Wildman–Crippen LogP) is 4.14. The molecule has 0 atom stereocenters. The molecule has 26 heavy (non-hydrogen) atoms. The van der Waals surface area contributed by atoms with E-state index in [0.717, 1.165) is 27.2 Å². The molecule has 0 aromatic heterocycles. The molecule has 140 valence electrons. The monoisotopic (exact) mass is 532 g/mol. The third-order valence-electron chi connectivity index (χ3n) is 3.43. The molecular weight excluding hydrogens is 511 g/mol. The van der Waals surface area contributed by atoms with Crippen LogP contribution in [0.15, 0.2) is 51.9 Å². The number of methoxy groups -OCH3 is 1. The van der Waals surface area contributed by atoms with Crippen molar-refractivity contribution in [3.05, 3.63) is 52.5 Å². The number of nitrogens with two attached hydrogens (primary N) is 1. The van der Waals surface area contributed by atoms with Gasteiger partial charge in [-0.15, -0.1) is 24.0 Å². The highest BCUT2D eigenvalue weighted by atomic mass is 127. The van der Waals surface area contributed by atoms with E-state index in [-0.39, 0.29) is 42.3 Å². The van der Waals surface area contributed by atoms with Crippen molar-refractivity contribution in [2.75, 3.05) is 24.3 Å². The van der Waals surface area contributed by atoms with E-state index < -0.39 is 0 Å². The number of carbonyl (C=O) groups is 1. The van der Waals surface area contributed by atoms with Crippen LogP contribution in [0.25, 0.3) is 0 Å². The largest absolute Gasteiger partial charge is 0.497 e. The van der Waals surface area contributed by atoms with Gasteiger partial charge < -0.3 is 21.1 Å². The predicted molar refractivity (Wildman–Crippen MR) is 121 cm³/mol. The maximum Gasteiger partial charge on any atom is 0.226 e. The van der Waals surface area contributed by atoms with Crippen LogP contribution in [0.3, 0.4) is 0 Å². The summed E-state index contributed by atoms with van der Waals surface area (Å²) in [5.41, 5.74) is 8.39. The zero-order valence-electron chi connectivity index (χ0n) is 14.6. The van der Waals surface area contributed by atoms with Crippen molar-refractivity contribution in [2.24, 2.45) is 10.7 Å². The van der Waals surface area contributed by atoms with Gasteiger partial charge in [-0.1, -0.05) is 22.0 Å². The van der Waals surface area contributed by atoms with Crippen molar-refractivity contribution in [3.8, 4) is 5.75 Å². The van der Waals surface area contributed by atoms with Crippen molar-refractivity contribution in [2.45, 2.75) is 13.3 Å². The molecule has 2 aromatic rings. The van der Waals surface area contributed by atoms with E-state index in [4.69, 9.17) is 10.5 Å². The summed E-state index contributed by atoms with van der Waals surface area (Å²) >= 11 is 3.40. The average Bonchev–Trinajstić information content (AvgIpc) is 2.57. The molecule has 0 heterocycles. The second kappa shape index (κ2) is 11.0. The number of ether oxygens (including phenoxy) is 1. The molecule has 8 heteroatoms. The first-order valence-corrected chi connectivity index (χ1v) is 8.54. The standard InChI is InChI=1S/C18H21BrN4O2.HI/c1-12-10-13(19)6-7-16(12)23-17(24)8-9-21-18(20)22-14-4-3-5-15(11-14)25-2;/h3-7,10-11H,8-9H2,1-2H3,(H,23,24)(H3,20,21,22);1H. The summed E-state index contributed by atoms with van der Waals surface area (Å²) in [4.78, 5) is 16.2. The van der Waals surface area contributed by atoms with Gasteiger partial charge in [0.1, 0.15) is 5.75 Å². The smallest absolute Gasteiger partial charge is 0.226 e. The Morgan fingerprint density at radius 2 is 2.00 bits per heavy atom. The molecule has 0 aliphatic rings. The number of hydrogen-bond acceptors (Lipinski definition) is 3. The molecule has 0 aliphatic carbocycles. The van der Waals surface area contributed by atoms with Crippen LogP contribution >= 0.6 is 39.9 Å². The Morgan fingerprint density at radius 3 is 2.69 bits per heavy atom. The first-order valence-electron chi connectivity index (χ1n) is 7.75. The van der Waals surface area contributed by atoms with Crippen LogP contribution in [0.1, 0.15) is 12.0 Å². The molecule has 0 radical (unpaired) electrons. The molecule has 2 rings (SSSR count). The number of aryl methyl sites for hydroxylation is 1. The zero-order chi connectivity index (χ0) is 18.2. The van der Waals surface area contributed by atoms with Crippen LogP contribution in [0.5, 0.6) is 5.75 Å². The summed E-state index contributed by atoms with van der Waals surface area (Å²) in [6, 6.07) is 13.1. The molecule has 1 amide bonds. The number of rotatable bonds is 6. The van der Waals surface area contributed by atoms with Crippen molar-refractivity contribution >= 4 is 63.1 Å². The van der Waals surface area contributed by atoms with E-state index in [2.05, 4.69) is 31.6 Å². The van der Waals surface area contributed by atoms with Gasteiger partial charge in [-0.05, 0) is 42.8 Å². The number of aliphatic imine (C=N–C) groups is 1. The number of benzene rings is 2. The molecular formula is C18H22BrIN4O2. The zero-order valence-corrected chi connectivity index (χ0v) is 18.5. The summed E-state index contributed by atoms with van der Waals surface area (Å²) < 4.78 is 6.12. The molecule has 2 aromatic carbocycles. The van der Waals surface area contributed by atoms with Gasteiger partial charge in [0.15, 0.2) is 5.96 Å². The number of carbonyl (C=O) groups excluding carboxylic acids is 1. The molecule has 4 N–H and O–H groups in total. The lowest BCUT2D eigenvalue weighted by Gasteiger charge is -2.09. The van der Waals surface area contributed by atoms with E-state index in [1.54, 1.807) is 7.11 Å². The maximum absolute atomic E-state index is 12.0. The summed E-state index contributed by atoms with van der Waals surface area (Å²) in [5, 5.41) is 5.84. The first-order chi connectivity index (χ1) is 12.0. The highest BCUT2D eigenvalue weighted by Gasteiger charge is 2.05. The van der Waals surface area contributed by atoms with E-state index in [1.807, 2.05) is 49.4 Å². The number of amides is 1. The number of anilines is 2. The van der Waals surface area contributed by atoms with E-state index >= 15 is 0 Å².